The van der Waals surface area contributed by atoms with E-state index in [1.54, 1.807) is 6.92 Å². The number of carbonyl (C=O) groups excluding carboxylic acids is 2. The minimum absolute atomic E-state index is 0.234. The second-order valence-corrected chi connectivity index (χ2v) is 7.52. The normalized spacial score (nSPS) is 19.8. The Morgan fingerprint density at radius 2 is 1.65 bits per heavy atom. The summed E-state index contributed by atoms with van der Waals surface area (Å²) in [5.41, 5.74) is 0.638. The summed E-state index contributed by atoms with van der Waals surface area (Å²) in [7, 11) is 0. The second kappa shape index (κ2) is 6.25. The molecule has 0 aromatic heterocycles. The molecule has 0 aliphatic carbocycles. The van der Waals surface area contributed by atoms with Gasteiger partial charge in [0.15, 0.2) is 0 Å². The molecule has 1 N–H and O–H groups in total. The van der Waals surface area contributed by atoms with Crippen molar-refractivity contribution in [1.29, 1.82) is 0 Å². The van der Waals surface area contributed by atoms with Crippen molar-refractivity contribution in [2.45, 2.75) is 19.0 Å². The third-order valence-corrected chi connectivity index (χ3v) is 5.39. The molecule has 5 heteroatoms. The highest BCUT2D eigenvalue weighted by Gasteiger charge is 2.49. The van der Waals surface area contributed by atoms with Crippen LogP contribution in [0.2, 0.25) is 0 Å². The van der Waals surface area contributed by atoms with Gasteiger partial charge < -0.3 is 5.32 Å². The molecule has 1 atom stereocenters. The standard InChI is InChI=1S/C21H17BrN2O2/c1-21(18-8-4-6-15-5-2-3-7-17(15)18)19(25)24(20(26)23-21)13-14-9-11-16(22)12-10-14/h2-12H,13H2,1H3,(H,23,26). The highest BCUT2D eigenvalue weighted by atomic mass is 79.9. The number of rotatable bonds is 3. The lowest BCUT2D eigenvalue weighted by Gasteiger charge is -2.24. The number of nitrogens with one attached hydrogen (secondary N) is 1. The number of benzene rings is 3. The molecule has 3 aromatic rings. The Morgan fingerprint density at radius 1 is 0.962 bits per heavy atom. The van der Waals surface area contributed by atoms with Crippen LogP contribution in [-0.2, 0) is 16.9 Å². The number of nitrogens with zero attached hydrogens (tertiary/aromatic N) is 1. The molecule has 1 heterocycles. The number of amides is 3. The zero-order valence-electron chi connectivity index (χ0n) is 14.2. The van der Waals surface area contributed by atoms with Gasteiger partial charge >= 0.3 is 6.03 Å². The van der Waals surface area contributed by atoms with E-state index in [0.29, 0.717) is 0 Å². The SMILES string of the molecule is CC1(c2cccc3ccccc23)NC(=O)N(Cc2ccc(Br)cc2)C1=O. The molecule has 130 valence electrons. The summed E-state index contributed by atoms with van der Waals surface area (Å²) in [6, 6.07) is 20.9. The summed E-state index contributed by atoms with van der Waals surface area (Å²) < 4.78 is 0.957. The van der Waals surface area contributed by atoms with Gasteiger partial charge in [0.1, 0.15) is 5.54 Å². The van der Waals surface area contributed by atoms with Crippen LogP contribution in [0.3, 0.4) is 0 Å². The van der Waals surface area contributed by atoms with Gasteiger partial charge in [-0.05, 0) is 41.0 Å². The molecule has 0 bridgehead atoms. The van der Waals surface area contributed by atoms with Crippen molar-refractivity contribution in [3.63, 3.8) is 0 Å². The summed E-state index contributed by atoms with van der Waals surface area (Å²) in [4.78, 5) is 27.0. The van der Waals surface area contributed by atoms with E-state index in [1.807, 2.05) is 66.7 Å². The van der Waals surface area contributed by atoms with Gasteiger partial charge in [0, 0.05) is 4.47 Å². The predicted octanol–water partition coefficient (Wildman–Crippen LogP) is 4.57. The summed E-state index contributed by atoms with van der Waals surface area (Å²) in [5, 5.41) is 4.91. The maximum Gasteiger partial charge on any atom is 0.325 e. The topological polar surface area (TPSA) is 49.4 Å². The molecular weight excluding hydrogens is 392 g/mol. The van der Waals surface area contributed by atoms with Crippen molar-refractivity contribution in [2.75, 3.05) is 0 Å². The van der Waals surface area contributed by atoms with Gasteiger partial charge in [-0.25, -0.2) is 4.79 Å². The zero-order chi connectivity index (χ0) is 18.3. The molecule has 3 aromatic carbocycles. The van der Waals surface area contributed by atoms with Crippen molar-refractivity contribution in [3.8, 4) is 0 Å². The van der Waals surface area contributed by atoms with Gasteiger partial charge in [-0.2, -0.15) is 0 Å². The molecule has 1 unspecified atom stereocenters. The lowest BCUT2D eigenvalue weighted by Crippen LogP contribution is -2.41. The lowest BCUT2D eigenvalue weighted by atomic mass is 9.88. The van der Waals surface area contributed by atoms with E-state index in [4.69, 9.17) is 0 Å². The van der Waals surface area contributed by atoms with Crippen LogP contribution in [0.4, 0.5) is 4.79 Å². The van der Waals surface area contributed by atoms with Crippen molar-refractivity contribution in [1.82, 2.24) is 10.2 Å². The van der Waals surface area contributed by atoms with Crippen LogP contribution in [-0.4, -0.2) is 16.8 Å². The molecular formula is C21H17BrN2O2. The molecule has 4 rings (SSSR count). The first-order chi connectivity index (χ1) is 12.5. The fourth-order valence-electron chi connectivity index (χ4n) is 3.46. The van der Waals surface area contributed by atoms with Crippen LogP contribution in [0.1, 0.15) is 18.1 Å². The highest BCUT2D eigenvalue weighted by molar-refractivity contribution is 9.10. The van der Waals surface area contributed by atoms with Gasteiger partial charge in [0.05, 0.1) is 6.54 Å². The van der Waals surface area contributed by atoms with E-state index < -0.39 is 5.54 Å². The summed E-state index contributed by atoms with van der Waals surface area (Å²) in [6.45, 7) is 2.02. The fourth-order valence-corrected chi connectivity index (χ4v) is 3.72. The molecule has 1 fully saturated rings. The molecule has 3 amide bonds. The third-order valence-electron chi connectivity index (χ3n) is 4.86. The molecule has 0 spiro atoms. The number of hydrogen-bond donors (Lipinski definition) is 1. The van der Waals surface area contributed by atoms with Crippen LogP contribution in [0.15, 0.2) is 71.2 Å². The quantitative estimate of drug-likeness (QED) is 0.645. The maximum atomic E-state index is 13.2. The van der Waals surface area contributed by atoms with Gasteiger partial charge in [0.2, 0.25) is 0 Å². The second-order valence-electron chi connectivity index (χ2n) is 6.60. The van der Waals surface area contributed by atoms with Crippen LogP contribution in [0.5, 0.6) is 0 Å². The summed E-state index contributed by atoms with van der Waals surface area (Å²) in [5.74, 6) is -0.234. The Balaban J connectivity index is 1.72. The molecule has 1 saturated heterocycles. The first kappa shape index (κ1) is 16.8. The number of carbonyl (C=O) groups is 2. The van der Waals surface area contributed by atoms with Crippen molar-refractivity contribution in [3.05, 3.63) is 82.3 Å². The Labute approximate surface area is 159 Å². The van der Waals surface area contributed by atoms with E-state index >= 15 is 0 Å². The van der Waals surface area contributed by atoms with E-state index in [1.165, 1.54) is 4.90 Å². The fraction of sp³-hybridized carbons (Fsp3) is 0.143. The predicted molar refractivity (Wildman–Crippen MR) is 105 cm³/mol. The lowest BCUT2D eigenvalue weighted by molar-refractivity contribution is -0.131. The monoisotopic (exact) mass is 408 g/mol. The minimum Gasteiger partial charge on any atom is -0.319 e. The number of hydrogen-bond acceptors (Lipinski definition) is 2. The largest absolute Gasteiger partial charge is 0.325 e. The van der Waals surface area contributed by atoms with Crippen LogP contribution in [0.25, 0.3) is 10.8 Å². The van der Waals surface area contributed by atoms with Gasteiger partial charge in [-0.1, -0.05) is 70.5 Å². The van der Waals surface area contributed by atoms with Gasteiger partial charge in [-0.15, -0.1) is 0 Å². The smallest absolute Gasteiger partial charge is 0.319 e. The average Bonchev–Trinajstić information content (AvgIpc) is 2.87. The third kappa shape index (κ3) is 2.69. The number of fused-ring (bicyclic) bond motifs is 1. The van der Waals surface area contributed by atoms with Crippen molar-refractivity contribution in [2.24, 2.45) is 0 Å². The number of urea groups is 1. The Morgan fingerprint density at radius 3 is 2.42 bits per heavy atom. The highest BCUT2D eigenvalue weighted by Crippen LogP contribution is 2.34. The number of halogens is 1. The molecule has 1 aliphatic heterocycles. The summed E-state index contributed by atoms with van der Waals surface area (Å²) >= 11 is 3.39. The average molecular weight is 409 g/mol. The van der Waals surface area contributed by atoms with Crippen LogP contribution >= 0.6 is 15.9 Å². The Bertz CT molecular complexity index is 1010. The minimum atomic E-state index is -1.08. The Hall–Kier alpha value is -2.66. The van der Waals surface area contributed by atoms with Gasteiger partial charge in [0.25, 0.3) is 5.91 Å². The molecule has 4 nitrogen and oxygen atoms in total. The maximum absolute atomic E-state index is 13.2. The Kier molecular flexibility index (Phi) is 4.04. The van der Waals surface area contributed by atoms with E-state index in [9.17, 15) is 9.59 Å². The molecule has 1 aliphatic rings. The summed E-state index contributed by atoms with van der Waals surface area (Å²) in [6.07, 6.45) is 0. The zero-order valence-corrected chi connectivity index (χ0v) is 15.8. The van der Waals surface area contributed by atoms with Crippen LogP contribution in [0, 0.1) is 0 Å². The van der Waals surface area contributed by atoms with Crippen LogP contribution < -0.4 is 5.32 Å². The van der Waals surface area contributed by atoms with E-state index in [-0.39, 0.29) is 18.5 Å². The van der Waals surface area contributed by atoms with Crippen molar-refractivity contribution < 1.29 is 9.59 Å². The molecule has 0 saturated carbocycles. The van der Waals surface area contributed by atoms with Crippen molar-refractivity contribution >= 4 is 38.6 Å². The number of imide groups is 1. The van der Waals surface area contributed by atoms with Gasteiger partial charge in [-0.3, -0.25) is 9.69 Å². The molecule has 26 heavy (non-hydrogen) atoms. The first-order valence-corrected chi connectivity index (χ1v) is 9.15. The van der Waals surface area contributed by atoms with E-state index in [2.05, 4.69) is 21.2 Å². The first-order valence-electron chi connectivity index (χ1n) is 8.36. The van der Waals surface area contributed by atoms with E-state index in [0.717, 1.165) is 26.4 Å². The molecule has 0 radical (unpaired) electrons.